The van der Waals surface area contributed by atoms with Crippen molar-refractivity contribution in [2.75, 3.05) is 26.2 Å². The van der Waals surface area contributed by atoms with Crippen molar-refractivity contribution in [1.29, 1.82) is 0 Å². The van der Waals surface area contributed by atoms with Crippen LogP contribution in [0.3, 0.4) is 0 Å². The summed E-state index contributed by atoms with van der Waals surface area (Å²) in [5.74, 6) is -0.657. The van der Waals surface area contributed by atoms with Gasteiger partial charge in [0.2, 0.25) is 5.91 Å². The van der Waals surface area contributed by atoms with Crippen LogP contribution in [-0.4, -0.2) is 59.0 Å². The zero-order valence-corrected chi connectivity index (χ0v) is 15.0. The zero-order chi connectivity index (χ0) is 16.8. The van der Waals surface area contributed by atoms with Crippen LogP contribution in [0.25, 0.3) is 0 Å². The van der Waals surface area contributed by atoms with E-state index in [-0.39, 0.29) is 18.5 Å². The third-order valence-electron chi connectivity index (χ3n) is 4.38. The highest BCUT2D eigenvalue weighted by molar-refractivity contribution is 9.10. The van der Waals surface area contributed by atoms with E-state index >= 15 is 0 Å². The molecular weight excluding hydrogens is 360 g/mol. The molecule has 0 atom stereocenters. The van der Waals surface area contributed by atoms with Gasteiger partial charge < -0.3 is 10.0 Å². The quantitative estimate of drug-likeness (QED) is 0.820. The molecule has 1 saturated heterocycles. The minimum Gasteiger partial charge on any atom is -0.480 e. The van der Waals surface area contributed by atoms with Crippen molar-refractivity contribution in [3.05, 3.63) is 34.3 Å². The second kappa shape index (κ2) is 8.45. The molecule has 23 heavy (non-hydrogen) atoms. The molecule has 2 rings (SSSR count). The average Bonchev–Trinajstić information content (AvgIpc) is 2.54. The third kappa shape index (κ3) is 5.04. The van der Waals surface area contributed by atoms with Crippen LogP contribution in [0.1, 0.15) is 25.3 Å². The molecule has 1 amide bonds. The van der Waals surface area contributed by atoms with Crippen LogP contribution in [-0.2, 0) is 16.0 Å². The number of carboxylic acid groups (broad SMARTS) is 1. The van der Waals surface area contributed by atoms with Crippen LogP contribution in [0.4, 0.5) is 0 Å². The molecule has 1 fully saturated rings. The van der Waals surface area contributed by atoms with E-state index in [4.69, 9.17) is 5.11 Å². The molecule has 6 heteroatoms. The van der Waals surface area contributed by atoms with E-state index in [1.54, 1.807) is 0 Å². The first-order valence-electron chi connectivity index (χ1n) is 7.98. The van der Waals surface area contributed by atoms with Gasteiger partial charge in [0.25, 0.3) is 0 Å². The Kier molecular flexibility index (Phi) is 6.59. The predicted molar refractivity (Wildman–Crippen MR) is 92.3 cm³/mol. The predicted octanol–water partition coefficient (Wildman–Crippen LogP) is 2.39. The maximum absolute atomic E-state index is 12.4. The minimum absolute atomic E-state index is 0.0755. The topological polar surface area (TPSA) is 60.9 Å². The number of hydrogen-bond donors (Lipinski definition) is 1. The van der Waals surface area contributed by atoms with Gasteiger partial charge in [-0.3, -0.25) is 14.5 Å². The van der Waals surface area contributed by atoms with Crippen molar-refractivity contribution in [3.8, 4) is 0 Å². The number of piperidine rings is 1. The first-order valence-corrected chi connectivity index (χ1v) is 8.77. The Bertz CT molecular complexity index is 557. The summed E-state index contributed by atoms with van der Waals surface area (Å²) < 4.78 is 0.960. The Morgan fingerprint density at radius 3 is 2.52 bits per heavy atom. The number of aliphatic carboxylic acids is 1. The Balaban J connectivity index is 1.87. The van der Waals surface area contributed by atoms with Gasteiger partial charge in [-0.1, -0.05) is 41.1 Å². The van der Waals surface area contributed by atoms with Gasteiger partial charge in [-0.2, -0.15) is 0 Å². The van der Waals surface area contributed by atoms with Gasteiger partial charge >= 0.3 is 5.97 Å². The average molecular weight is 383 g/mol. The van der Waals surface area contributed by atoms with Crippen molar-refractivity contribution in [2.45, 2.75) is 32.2 Å². The minimum atomic E-state index is -0.792. The van der Waals surface area contributed by atoms with E-state index in [1.165, 1.54) is 0 Å². The van der Waals surface area contributed by atoms with Crippen molar-refractivity contribution >= 4 is 27.8 Å². The van der Waals surface area contributed by atoms with Crippen LogP contribution in [0.15, 0.2) is 28.7 Å². The second-order valence-corrected chi connectivity index (χ2v) is 6.69. The summed E-state index contributed by atoms with van der Waals surface area (Å²) >= 11 is 3.48. The van der Waals surface area contributed by atoms with Gasteiger partial charge in [-0.05, 0) is 31.0 Å². The van der Waals surface area contributed by atoms with E-state index in [0.29, 0.717) is 19.5 Å². The van der Waals surface area contributed by atoms with E-state index in [9.17, 15) is 9.59 Å². The van der Waals surface area contributed by atoms with E-state index in [0.717, 1.165) is 29.4 Å². The molecule has 126 valence electrons. The third-order valence-corrected chi connectivity index (χ3v) is 5.15. The normalized spacial score (nSPS) is 15.9. The molecule has 1 aliphatic rings. The van der Waals surface area contributed by atoms with E-state index in [2.05, 4.69) is 15.9 Å². The van der Waals surface area contributed by atoms with Gasteiger partial charge in [-0.15, -0.1) is 0 Å². The van der Waals surface area contributed by atoms with Gasteiger partial charge in [0, 0.05) is 23.6 Å². The molecule has 5 nitrogen and oxygen atoms in total. The maximum Gasteiger partial charge on any atom is 0.317 e. The number of hydrogen-bond acceptors (Lipinski definition) is 3. The molecule has 1 heterocycles. The molecule has 0 bridgehead atoms. The molecule has 1 aliphatic heterocycles. The Morgan fingerprint density at radius 1 is 1.30 bits per heavy atom. The summed E-state index contributed by atoms with van der Waals surface area (Å²) in [5, 5.41) is 8.97. The number of likely N-dealkylation sites (tertiary alicyclic amines) is 1. The van der Waals surface area contributed by atoms with Crippen LogP contribution in [0.5, 0.6) is 0 Å². The number of carbonyl (C=O) groups is 2. The lowest BCUT2D eigenvalue weighted by Gasteiger charge is -2.37. The number of benzene rings is 1. The number of amides is 1. The summed E-state index contributed by atoms with van der Waals surface area (Å²) in [6.45, 7) is 4.18. The number of rotatable bonds is 6. The molecule has 0 radical (unpaired) electrons. The zero-order valence-electron chi connectivity index (χ0n) is 13.4. The van der Waals surface area contributed by atoms with Gasteiger partial charge in [0.05, 0.1) is 13.0 Å². The highest BCUT2D eigenvalue weighted by atomic mass is 79.9. The molecule has 0 aliphatic carbocycles. The van der Waals surface area contributed by atoms with Crippen LogP contribution >= 0.6 is 15.9 Å². The lowest BCUT2D eigenvalue weighted by atomic mass is 10.0. The number of carboxylic acids is 1. The fraction of sp³-hybridized carbons (Fsp3) is 0.529. The number of halogens is 1. The summed E-state index contributed by atoms with van der Waals surface area (Å²) in [6.07, 6.45) is 2.07. The molecular formula is C17H23BrN2O3. The highest BCUT2D eigenvalue weighted by Crippen LogP contribution is 2.20. The maximum atomic E-state index is 12.4. The lowest BCUT2D eigenvalue weighted by molar-refractivity contribution is -0.140. The second-order valence-electron chi connectivity index (χ2n) is 5.84. The van der Waals surface area contributed by atoms with Crippen LogP contribution in [0, 0.1) is 0 Å². The monoisotopic (exact) mass is 382 g/mol. The Labute approximate surface area is 145 Å². The van der Waals surface area contributed by atoms with Crippen molar-refractivity contribution in [1.82, 2.24) is 9.80 Å². The van der Waals surface area contributed by atoms with E-state index < -0.39 is 5.97 Å². The molecule has 1 aromatic rings. The fourth-order valence-electron chi connectivity index (χ4n) is 3.07. The molecule has 0 aromatic heterocycles. The summed E-state index contributed by atoms with van der Waals surface area (Å²) in [5.41, 5.74) is 1.00. The largest absolute Gasteiger partial charge is 0.480 e. The summed E-state index contributed by atoms with van der Waals surface area (Å²) in [6, 6.07) is 8.03. The Morgan fingerprint density at radius 2 is 1.96 bits per heavy atom. The van der Waals surface area contributed by atoms with Crippen LogP contribution in [0.2, 0.25) is 0 Å². The van der Waals surface area contributed by atoms with Crippen molar-refractivity contribution in [2.24, 2.45) is 0 Å². The molecule has 0 unspecified atom stereocenters. The molecule has 1 aromatic carbocycles. The Hall–Kier alpha value is -1.40. The van der Waals surface area contributed by atoms with E-state index in [1.807, 2.05) is 41.0 Å². The first kappa shape index (κ1) is 17.9. The standard InChI is InChI=1S/C17H23BrN2O3/c1-2-19(12-17(22)23)14-7-9-20(10-8-14)16(21)11-13-5-3-4-6-15(13)18/h3-6,14H,2,7-12H2,1H3,(H,22,23). The van der Waals surface area contributed by atoms with Crippen molar-refractivity contribution < 1.29 is 14.7 Å². The van der Waals surface area contributed by atoms with Gasteiger partial charge in [-0.25, -0.2) is 0 Å². The first-order chi connectivity index (χ1) is 11.0. The molecule has 0 saturated carbocycles. The number of likely N-dealkylation sites (N-methyl/N-ethyl adjacent to an activating group) is 1. The summed E-state index contributed by atoms with van der Waals surface area (Å²) in [4.78, 5) is 27.2. The smallest absolute Gasteiger partial charge is 0.317 e. The number of nitrogens with zero attached hydrogens (tertiary/aromatic N) is 2. The van der Waals surface area contributed by atoms with Crippen molar-refractivity contribution in [3.63, 3.8) is 0 Å². The lowest BCUT2D eigenvalue weighted by Crippen LogP contribution is -2.48. The SMILES string of the molecule is CCN(CC(=O)O)C1CCN(C(=O)Cc2ccccc2Br)CC1. The van der Waals surface area contributed by atoms with Gasteiger partial charge in [0.15, 0.2) is 0 Å². The molecule has 1 N–H and O–H groups in total. The van der Waals surface area contributed by atoms with Gasteiger partial charge in [0.1, 0.15) is 0 Å². The summed E-state index contributed by atoms with van der Waals surface area (Å²) in [7, 11) is 0. The fourth-order valence-corrected chi connectivity index (χ4v) is 3.49. The molecule has 0 spiro atoms. The highest BCUT2D eigenvalue weighted by Gasteiger charge is 2.27. The number of carbonyl (C=O) groups excluding carboxylic acids is 1. The van der Waals surface area contributed by atoms with Crippen LogP contribution < -0.4 is 0 Å².